The third kappa shape index (κ3) is 2.88. The molecule has 1 fully saturated rings. The van der Waals surface area contributed by atoms with E-state index in [-0.39, 0.29) is 5.69 Å². The molecule has 18 heavy (non-hydrogen) atoms. The maximum Gasteiger partial charge on any atom is 0.271 e. The van der Waals surface area contributed by atoms with Crippen molar-refractivity contribution in [3.8, 4) is 0 Å². The van der Waals surface area contributed by atoms with Gasteiger partial charge in [-0.3, -0.25) is 9.69 Å². The van der Waals surface area contributed by atoms with E-state index in [0.717, 1.165) is 31.5 Å². The van der Waals surface area contributed by atoms with Crippen LogP contribution in [-0.2, 0) is 6.54 Å². The van der Waals surface area contributed by atoms with Gasteiger partial charge in [-0.15, -0.1) is 0 Å². The van der Waals surface area contributed by atoms with Crippen molar-refractivity contribution in [2.45, 2.75) is 25.4 Å². The van der Waals surface area contributed by atoms with E-state index in [4.69, 9.17) is 10.3 Å². The maximum atomic E-state index is 11.2. The third-order valence-corrected chi connectivity index (χ3v) is 3.61. The Morgan fingerprint density at radius 1 is 1.61 bits per heavy atom. The molecule has 0 unspecified atom stereocenters. The molecular weight excluding hydrogens is 232 g/mol. The van der Waals surface area contributed by atoms with Crippen molar-refractivity contribution in [1.29, 1.82) is 0 Å². The van der Waals surface area contributed by atoms with Crippen molar-refractivity contribution in [3.63, 3.8) is 0 Å². The predicted octanol–water partition coefficient (Wildman–Crippen LogP) is 0.300. The zero-order valence-corrected chi connectivity index (χ0v) is 10.9. The standard InChI is InChI=1S/C12H20N4O2/c1-15-5-3-10(4-6-15)16(2)7-9-8-18-14-11(9)12(13)17/h8,10H,3-7H2,1-2H3,(H2,13,17). The summed E-state index contributed by atoms with van der Waals surface area (Å²) in [5, 5.41) is 3.64. The lowest BCUT2D eigenvalue weighted by Gasteiger charge is -2.34. The lowest BCUT2D eigenvalue weighted by molar-refractivity contribution is 0.0988. The molecule has 6 nitrogen and oxygen atoms in total. The number of likely N-dealkylation sites (tertiary alicyclic amines) is 1. The van der Waals surface area contributed by atoms with Crippen LogP contribution in [0.25, 0.3) is 0 Å². The molecule has 1 amide bonds. The van der Waals surface area contributed by atoms with Crippen molar-refractivity contribution in [2.75, 3.05) is 27.2 Å². The number of carbonyl (C=O) groups is 1. The van der Waals surface area contributed by atoms with Gasteiger partial charge in [0.25, 0.3) is 5.91 Å². The van der Waals surface area contributed by atoms with Crippen LogP contribution in [0.1, 0.15) is 28.9 Å². The summed E-state index contributed by atoms with van der Waals surface area (Å²) in [7, 11) is 4.20. The van der Waals surface area contributed by atoms with E-state index in [0.29, 0.717) is 12.6 Å². The van der Waals surface area contributed by atoms with Crippen LogP contribution in [0.4, 0.5) is 0 Å². The first-order valence-electron chi connectivity index (χ1n) is 6.19. The maximum absolute atomic E-state index is 11.2. The van der Waals surface area contributed by atoms with Gasteiger partial charge in [0, 0.05) is 18.2 Å². The fourth-order valence-electron chi connectivity index (χ4n) is 2.41. The minimum atomic E-state index is -0.532. The SMILES string of the molecule is CN1CCC(N(C)Cc2conc2C(N)=O)CC1. The molecule has 6 heteroatoms. The highest BCUT2D eigenvalue weighted by Crippen LogP contribution is 2.17. The van der Waals surface area contributed by atoms with Crippen LogP contribution in [0.15, 0.2) is 10.8 Å². The van der Waals surface area contributed by atoms with Crippen LogP contribution in [0.3, 0.4) is 0 Å². The van der Waals surface area contributed by atoms with Gasteiger partial charge in [-0.25, -0.2) is 0 Å². The molecule has 0 aliphatic carbocycles. The zero-order valence-electron chi connectivity index (χ0n) is 10.9. The molecule has 1 saturated heterocycles. The monoisotopic (exact) mass is 252 g/mol. The highest BCUT2D eigenvalue weighted by atomic mass is 16.5. The van der Waals surface area contributed by atoms with Crippen LogP contribution in [-0.4, -0.2) is 54.1 Å². The first-order valence-corrected chi connectivity index (χ1v) is 6.19. The molecule has 100 valence electrons. The molecule has 0 aromatic carbocycles. The van der Waals surface area contributed by atoms with Gasteiger partial charge in [0.2, 0.25) is 0 Å². The minimum absolute atomic E-state index is 0.245. The zero-order chi connectivity index (χ0) is 13.1. The molecule has 0 spiro atoms. The molecule has 0 saturated carbocycles. The number of piperidine rings is 1. The first-order chi connectivity index (χ1) is 8.58. The second kappa shape index (κ2) is 5.49. The number of amides is 1. The molecule has 1 aromatic rings. The van der Waals surface area contributed by atoms with E-state index in [1.807, 2.05) is 0 Å². The number of nitrogens with two attached hydrogens (primary N) is 1. The Bertz CT molecular complexity index is 410. The van der Waals surface area contributed by atoms with Gasteiger partial charge in [-0.05, 0) is 40.0 Å². The highest BCUT2D eigenvalue weighted by molar-refractivity contribution is 5.91. The Labute approximate surface area is 107 Å². The van der Waals surface area contributed by atoms with E-state index in [9.17, 15) is 4.79 Å². The van der Waals surface area contributed by atoms with E-state index in [1.165, 1.54) is 6.26 Å². The van der Waals surface area contributed by atoms with Crippen molar-refractivity contribution >= 4 is 5.91 Å². The second-order valence-corrected chi connectivity index (χ2v) is 5.00. The summed E-state index contributed by atoms with van der Waals surface area (Å²) in [6, 6.07) is 0.539. The number of rotatable bonds is 4. The molecule has 1 aliphatic heterocycles. The molecule has 2 rings (SSSR count). The summed E-state index contributed by atoms with van der Waals surface area (Å²) in [4.78, 5) is 15.7. The molecule has 2 N–H and O–H groups in total. The van der Waals surface area contributed by atoms with E-state index in [2.05, 4.69) is 29.1 Å². The van der Waals surface area contributed by atoms with Crippen LogP contribution in [0.5, 0.6) is 0 Å². The van der Waals surface area contributed by atoms with Crippen molar-refractivity contribution in [1.82, 2.24) is 15.0 Å². The van der Waals surface area contributed by atoms with Gasteiger partial charge in [0.1, 0.15) is 6.26 Å². The van der Waals surface area contributed by atoms with E-state index >= 15 is 0 Å². The molecule has 0 radical (unpaired) electrons. The van der Waals surface area contributed by atoms with Crippen molar-refractivity contribution < 1.29 is 9.32 Å². The summed E-state index contributed by atoms with van der Waals surface area (Å²) in [5.41, 5.74) is 6.26. The summed E-state index contributed by atoms with van der Waals surface area (Å²) < 4.78 is 4.83. The number of nitrogens with zero attached hydrogens (tertiary/aromatic N) is 3. The number of hydrogen-bond acceptors (Lipinski definition) is 5. The minimum Gasteiger partial charge on any atom is -0.364 e. The average molecular weight is 252 g/mol. The molecule has 0 bridgehead atoms. The normalized spacial score (nSPS) is 18.4. The van der Waals surface area contributed by atoms with Crippen LogP contribution in [0, 0.1) is 0 Å². The van der Waals surface area contributed by atoms with Gasteiger partial charge in [0.15, 0.2) is 5.69 Å². The molecule has 0 atom stereocenters. The van der Waals surface area contributed by atoms with Crippen LogP contribution >= 0.6 is 0 Å². The lowest BCUT2D eigenvalue weighted by atomic mass is 10.0. The number of carbonyl (C=O) groups excluding carboxylic acids is 1. The highest BCUT2D eigenvalue weighted by Gasteiger charge is 2.22. The van der Waals surface area contributed by atoms with Gasteiger partial charge in [-0.1, -0.05) is 5.16 Å². The quantitative estimate of drug-likeness (QED) is 0.834. The molecule has 1 aromatic heterocycles. The van der Waals surface area contributed by atoms with Crippen molar-refractivity contribution in [2.24, 2.45) is 5.73 Å². The summed E-state index contributed by atoms with van der Waals surface area (Å²) >= 11 is 0. The Kier molecular flexibility index (Phi) is 3.98. The van der Waals surface area contributed by atoms with Gasteiger partial charge >= 0.3 is 0 Å². The lowest BCUT2D eigenvalue weighted by Crippen LogP contribution is -2.41. The summed E-state index contributed by atoms with van der Waals surface area (Å²) in [6.07, 6.45) is 3.79. The molecule has 2 heterocycles. The fraction of sp³-hybridized carbons (Fsp3) is 0.667. The smallest absolute Gasteiger partial charge is 0.271 e. The summed E-state index contributed by atoms with van der Waals surface area (Å²) in [6.45, 7) is 2.87. The average Bonchev–Trinajstić information content (AvgIpc) is 2.78. The summed E-state index contributed by atoms with van der Waals surface area (Å²) in [5.74, 6) is -0.532. The molecule has 1 aliphatic rings. The Balaban J connectivity index is 1.96. The Morgan fingerprint density at radius 2 is 2.28 bits per heavy atom. The number of aromatic nitrogens is 1. The van der Waals surface area contributed by atoms with Crippen molar-refractivity contribution in [3.05, 3.63) is 17.5 Å². The molecular formula is C12H20N4O2. The fourth-order valence-corrected chi connectivity index (χ4v) is 2.41. The second-order valence-electron chi connectivity index (χ2n) is 5.00. The Morgan fingerprint density at radius 3 is 2.89 bits per heavy atom. The first kappa shape index (κ1) is 13.0. The van der Waals surface area contributed by atoms with Crippen LogP contribution < -0.4 is 5.73 Å². The number of hydrogen-bond donors (Lipinski definition) is 1. The predicted molar refractivity (Wildman–Crippen MR) is 67.0 cm³/mol. The van der Waals surface area contributed by atoms with Crippen LogP contribution in [0.2, 0.25) is 0 Å². The van der Waals surface area contributed by atoms with Gasteiger partial charge in [-0.2, -0.15) is 0 Å². The van der Waals surface area contributed by atoms with E-state index < -0.39 is 5.91 Å². The van der Waals surface area contributed by atoms with Gasteiger partial charge in [0.05, 0.1) is 0 Å². The number of primary amides is 1. The van der Waals surface area contributed by atoms with E-state index in [1.54, 1.807) is 0 Å². The van der Waals surface area contributed by atoms with Gasteiger partial charge < -0.3 is 15.2 Å². The topological polar surface area (TPSA) is 75.6 Å². The third-order valence-electron chi connectivity index (χ3n) is 3.61. The Hall–Kier alpha value is -1.40. The largest absolute Gasteiger partial charge is 0.364 e.